The van der Waals surface area contributed by atoms with E-state index in [-0.39, 0.29) is 11.2 Å². The maximum atomic E-state index is 11.8. The number of methoxy groups -OCH3 is 2. The molecular weight excluding hydrogens is 372 g/mol. The second-order valence-corrected chi connectivity index (χ2v) is 7.81. The van der Waals surface area contributed by atoms with Crippen LogP contribution >= 0.6 is 24.0 Å². The molecule has 0 aliphatic carbocycles. The predicted molar refractivity (Wildman–Crippen MR) is 103 cm³/mol. The average molecular weight is 396 g/mol. The molecule has 1 aliphatic heterocycles. The molecule has 9 heteroatoms. The van der Waals surface area contributed by atoms with Crippen molar-refractivity contribution in [3.8, 4) is 17.1 Å². The van der Waals surface area contributed by atoms with Crippen molar-refractivity contribution < 1.29 is 19.2 Å². The lowest BCUT2D eigenvalue weighted by Gasteiger charge is -2.27. The molecule has 3 rings (SSSR count). The minimum Gasteiger partial charge on any atom is -0.497 e. The fraction of sp³-hybridized carbons (Fsp3) is 0.471. The first kappa shape index (κ1) is 18.9. The summed E-state index contributed by atoms with van der Waals surface area (Å²) in [5, 5.41) is 4.59. The van der Waals surface area contributed by atoms with Gasteiger partial charge in [0.1, 0.15) is 12.3 Å². The van der Waals surface area contributed by atoms with Gasteiger partial charge in [-0.25, -0.2) is 0 Å². The number of quaternary nitrogens is 1. The topological polar surface area (TPSA) is 62.7 Å². The van der Waals surface area contributed by atoms with Gasteiger partial charge in [0.25, 0.3) is 0 Å². The normalized spacial score (nSPS) is 20.0. The number of thioether (sulfide) groups is 1. The highest BCUT2D eigenvalue weighted by molar-refractivity contribution is 8.00. The molecule has 0 bridgehead atoms. The van der Waals surface area contributed by atoms with Gasteiger partial charge in [0.05, 0.1) is 20.8 Å². The molecule has 0 amide bonds. The minimum absolute atomic E-state index is 0.123. The van der Waals surface area contributed by atoms with Crippen molar-refractivity contribution in [1.82, 2.24) is 14.3 Å². The zero-order valence-corrected chi connectivity index (χ0v) is 16.7. The number of carbonyl (C=O) groups excluding carboxylic acids is 1. The van der Waals surface area contributed by atoms with Gasteiger partial charge in [-0.2, -0.15) is 4.68 Å². The lowest BCUT2D eigenvalue weighted by atomic mass is 10.2. The third kappa shape index (κ3) is 3.94. The van der Waals surface area contributed by atoms with Crippen molar-refractivity contribution in [1.29, 1.82) is 0 Å². The Balaban J connectivity index is 1.78. The molecule has 2 heterocycles. The highest BCUT2D eigenvalue weighted by Crippen LogP contribution is 2.20. The Labute approximate surface area is 161 Å². The number of nitrogens with one attached hydrogen (secondary N) is 1. The maximum Gasteiger partial charge on any atom is 0.324 e. The number of carbonyl (C=O) groups is 1. The van der Waals surface area contributed by atoms with Crippen LogP contribution in [0, 0.1) is 4.77 Å². The summed E-state index contributed by atoms with van der Waals surface area (Å²) in [6.45, 7) is 2.32. The van der Waals surface area contributed by atoms with E-state index in [0.29, 0.717) is 18.0 Å². The molecule has 2 atom stereocenters. The van der Waals surface area contributed by atoms with E-state index in [1.807, 2.05) is 40.6 Å². The first-order valence-electron chi connectivity index (χ1n) is 8.34. The molecule has 1 aromatic heterocycles. The van der Waals surface area contributed by atoms with Crippen LogP contribution in [0.15, 0.2) is 24.3 Å². The van der Waals surface area contributed by atoms with Gasteiger partial charge in [-0.05, 0) is 36.5 Å². The van der Waals surface area contributed by atoms with Crippen molar-refractivity contribution in [3.05, 3.63) is 29.0 Å². The smallest absolute Gasteiger partial charge is 0.324 e. The second-order valence-electron chi connectivity index (χ2n) is 6.14. The van der Waals surface area contributed by atoms with Crippen LogP contribution in [-0.2, 0) is 23.2 Å². The van der Waals surface area contributed by atoms with Gasteiger partial charge in [0.2, 0.25) is 4.77 Å². The van der Waals surface area contributed by atoms with E-state index in [1.54, 1.807) is 18.9 Å². The maximum absolute atomic E-state index is 11.8. The number of ether oxygens (including phenoxy) is 2. The monoisotopic (exact) mass is 395 g/mol. The Bertz CT molecular complexity index is 832. The molecule has 26 heavy (non-hydrogen) atoms. The number of benzene rings is 1. The molecular formula is C17H23N4O3S2+. The molecule has 140 valence electrons. The molecule has 1 unspecified atom stereocenters. The molecule has 1 fully saturated rings. The summed E-state index contributed by atoms with van der Waals surface area (Å²) in [7, 11) is 5.00. The van der Waals surface area contributed by atoms with Crippen LogP contribution < -0.4 is 9.64 Å². The van der Waals surface area contributed by atoms with Crippen LogP contribution in [0.2, 0.25) is 0 Å². The van der Waals surface area contributed by atoms with Gasteiger partial charge in [0, 0.05) is 18.4 Å². The number of nitrogens with zero attached hydrogens (tertiary/aromatic N) is 3. The molecule has 2 aromatic rings. The number of esters is 1. The van der Waals surface area contributed by atoms with Gasteiger partial charge in [-0.1, -0.05) is 0 Å². The molecule has 0 saturated carbocycles. The zero-order chi connectivity index (χ0) is 18.7. The number of hydrogen-bond donors (Lipinski definition) is 1. The Morgan fingerprint density at radius 1 is 1.38 bits per heavy atom. The second kappa shape index (κ2) is 8.24. The summed E-state index contributed by atoms with van der Waals surface area (Å²) in [6, 6.07) is 7.76. The van der Waals surface area contributed by atoms with Crippen LogP contribution in [0.3, 0.4) is 0 Å². The van der Waals surface area contributed by atoms with Crippen LogP contribution in [-0.4, -0.2) is 58.6 Å². The number of aromatic nitrogens is 3. The fourth-order valence-electron chi connectivity index (χ4n) is 2.99. The molecule has 7 nitrogen and oxygen atoms in total. The Morgan fingerprint density at radius 2 is 2.12 bits per heavy atom. The highest BCUT2D eigenvalue weighted by atomic mass is 32.2. The molecule has 1 aliphatic rings. The highest BCUT2D eigenvalue weighted by Gasteiger charge is 2.30. The van der Waals surface area contributed by atoms with E-state index >= 15 is 0 Å². The standard InChI is InChI=1S/C17H22N4O3S2/c1-19-15(12-4-6-13(23-2)7-5-12)18-21(17(19)25)11-20-8-9-26-14(10-20)16(22)24-3/h4-7,14H,8-11H2,1-3H3/p+1/t14-/m1/s1. The third-order valence-corrected chi connectivity index (χ3v) is 6.16. The molecule has 1 saturated heterocycles. The molecule has 0 spiro atoms. The molecule has 1 N–H and O–H groups in total. The third-order valence-electron chi connectivity index (χ3n) is 4.48. The van der Waals surface area contributed by atoms with E-state index in [9.17, 15) is 4.79 Å². The lowest BCUT2D eigenvalue weighted by molar-refractivity contribution is -0.921. The summed E-state index contributed by atoms with van der Waals surface area (Å²) in [4.78, 5) is 13.1. The first-order chi connectivity index (χ1) is 12.5. The van der Waals surface area contributed by atoms with Crippen molar-refractivity contribution in [2.75, 3.05) is 33.1 Å². The van der Waals surface area contributed by atoms with E-state index in [1.165, 1.54) is 12.0 Å². The van der Waals surface area contributed by atoms with E-state index in [4.69, 9.17) is 26.8 Å². The summed E-state index contributed by atoms with van der Waals surface area (Å²) in [5.41, 5.74) is 0.981. The fourth-order valence-corrected chi connectivity index (χ4v) is 4.46. The number of rotatable bonds is 5. The first-order valence-corrected chi connectivity index (χ1v) is 9.80. The van der Waals surface area contributed by atoms with E-state index in [2.05, 4.69) is 0 Å². The summed E-state index contributed by atoms with van der Waals surface area (Å²) in [6.07, 6.45) is 0. The molecule has 1 aromatic carbocycles. The van der Waals surface area contributed by atoms with Crippen molar-refractivity contribution in [2.24, 2.45) is 7.05 Å². The van der Waals surface area contributed by atoms with Gasteiger partial charge in [0.15, 0.2) is 17.7 Å². The average Bonchev–Trinajstić information content (AvgIpc) is 2.96. The lowest BCUT2D eigenvalue weighted by Crippen LogP contribution is -3.14. The Hall–Kier alpha value is -1.84. The summed E-state index contributed by atoms with van der Waals surface area (Å²) in [5.74, 6) is 2.38. The van der Waals surface area contributed by atoms with E-state index < -0.39 is 0 Å². The zero-order valence-electron chi connectivity index (χ0n) is 15.1. The van der Waals surface area contributed by atoms with Gasteiger partial charge in [-0.3, -0.25) is 4.79 Å². The van der Waals surface area contributed by atoms with Crippen LogP contribution in [0.1, 0.15) is 0 Å². The van der Waals surface area contributed by atoms with E-state index in [0.717, 1.165) is 29.4 Å². The van der Waals surface area contributed by atoms with Crippen molar-refractivity contribution in [2.45, 2.75) is 11.9 Å². The van der Waals surface area contributed by atoms with Crippen LogP contribution in [0.4, 0.5) is 0 Å². The predicted octanol–water partition coefficient (Wildman–Crippen LogP) is 0.757. The van der Waals surface area contributed by atoms with Gasteiger partial charge >= 0.3 is 5.97 Å². The molecule has 0 radical (unpaired) electrons. The Kier molecular flexibility index (Phi) is 6.00. The van der Waals surface area contributed by atoms with Crippen LogP contribution in [0.5, 0.6) is 5.75 Å². The number of hydrogen-bond acceptors (Lipinski definition) is 6. The summed E-state index contributed by atoms with van der Waals surface area (Å²) >= 11 is 7.22. The minimum atomic E-state index is -0.157. The largest absolute Gasteiger partial charge is 0.497 e. The van der Waals surface area contributed by atoms with Crippen molar-refractivity contribution in [3.63, 3.8) is 0 Å². The van der Waals surface area contributed by atoms with Crippen molar-refractivity contribution >= 4 is 29.9 Å². The summed E-state index contributed by atoms with van der Waals surface area (Å²) < 4.78 is 14.5. The quantitative estimate of drug-likeness (QED) is 0.596. The van der Waals surface area contributed by atoms with Gasteiger partial charge < -0.3 is 18.9 Å². The van der Waals surface area contributed by atoms with Gasteiger partial charge in [-0.15, -0.1) is 16.9 Å². The SMILES string of the molecule is COC(=O)[C@H]1C[NH+](Cn2nc(-c3ccc(OC)cc3)n(C)c2=S)CCS1. The Morgan fingerprint density at radius 3 is 2.77 bits per heavy atom. The van der Waals surface area contributed by atoms with Crippen LogP contribution in [0.25, 0.3) is 11.4 Å².